The van der Waals surface area contributed by atoms with Gasteiger partial charge in [-0.1, -0.05) is 0 Å². The van der Waals surface area contributed by atoms with E-state index in [4.69, 9.17) is 5.73 Å². The first-order chi connectivity index (χ1) is 8.00. The molecule has 7 nitrogen and oxygen atoms in total. The molecule has 2 rings (SSSR count). The van der Waals surface area contributed by atoms with Crippen molar-refractivity contribution in [2.45, 2.75) is 4.90 Å². The molecule has 0 amide bonds. The van der Waals surface area contributed by atoms with E-state index in [1.807, 2.05) is 0 Å². The van der Waals surface area contributed by atoms with Gasteiger partial charge in [-0.25, -0.2) is 13.4 Å². The van der Waals surface area contributed by atoms with E-state index in [9.17, 15) is 8.42 Å². The Morgan fingerprint density at radius 2 is 2.29 bits per heavy atom. The van der Waals surface area contributed by atoms with Crippen molar-refractivity contribution >= 4 is 38.4 Å². The lowest BCUT2D eigenvalue weighted by molar-refractivity contribution is 0.578. The Morgan fingerprint density at radius 1 is 1.53 bits per heavy atom. The van der Waals surface area contributed by atoms with E-state index in [2.05, 4.69) is 32.4 Å². The Kier molecular flexibility index (Phi) is 2.96. The maximum Gasteiger partial charge on any atom is 0.259 e. The molecule has 0 aliphatic carbocycles. The fraction of sp³-hybridized carbons (Fsp3) is 0. The van der Waals surface area contributed by atoms with Crippen LogP contribution in [0, 0.1) is 0 Å². The summed E-state index contributed by atoms with van der Waals surface area (Å²) in [5, 5.41) is 0.330. The van der Waals surface area contributed by atoms with E-state index < -0.39 is 10.0 Å². The zero-order valence-corrected chi connectivity index (χ0v) is 10.1. The number of nitrogens with one attached hydrogen (secondary N) is 3. The quantitative estimate of drug-likeness (QED) is 0.446. The number of nitrogens with zero attached hydrogens (tertiary/aromatic N) is 1. The summed E-state index contributed by atoms with van der Waals surface area (Å²) in [5.41, 5.74) is 7.80. The van der Waals surface area contributed by atoms with E-state index >= 15 is 0 Å². The monoisotopic (exact) mass is 271 g/mol. The molecule has 0 aromatic carbocycles. The van der Waals surface area contributed by atoms with Crippen molar-refractivity contribution in [3.63, 3.8) is 0 Å². The van der Waals surface area contributed by atoms with Crippen molar-refractivity contribution in [1.82, 2.24) is 20.2 Å². The van der Waals surface area contributed by atoms with E-state index in [1.165, 1.54) is 6.20 Å². The van der Waals surface area contributed by atoms with Gasteiger partial charge in [0.25, 0.3) is 10.0 Å². The van der Waals surface area contributed by atoms with Crippen molar-refractivity contribution in [2.75, 3.05) is 0 Å². The predicted molar refractivity (Wildman–Crippen MR) is 66.3 cm³/mol. The lowest BCUT2D eigenvalue weighted by atomic mass is 10.3. The van der Waals surface area contributed by atoms with Gasteiger partial charge in [0, 0.05) is 17.8 Å². The molecule has 0 aliphatic heterocycles. The smallest absolute Gasteiger partial charge is 0.259 e. The third kappa shape index (κ3) is 2.35. The van der Waals surface area contributed by atoms with Crippen molar-refractivity contribution < 1.29 is 8.42 Å². The number of aromatic amines is 1. The van der Waals surface area contributed by atoms with Crippen LogP contribution in [0.5, 0.6) is 0 Å². The third-order valence-corrected chi connectivity index (χ3v) is 3.40. The highest BCUT2D eigenvalue weighted by atomic mass is 32.2. The number of H-pyrrole nitrogens is 1. The lowest BCUT2D eigenvalue weighted by Gasteiger charge is -2.06. The summed E-state index contributed by atoms with van der Waals surface area (Å²) in [6.45, 7) is 0. The summed E-state index contributed by atoms with van der Waals surface area (Å²) in [4.78, 5) is 8.89. The van der Waals surface area contributed by atoms with Crippen LogP contribution in [0.4, 0.5) is 0 Å². The zero-order valence-electron chi connectivity index (χ0n) is 8.47. The van der Waals surface area contributed by atoms with E-state index in [-0.39, 0.29) is 10.0 Å². The molecule has 0 unspecified atom stereocenters. The number of thiocarbonyl (C=S) groups is 1. The maximum atomic E-state index is 11.9. The summed E-state index contributed by atoms with van der Waals surface area (Å²) in [5.74, 6) is 0. The minimum Gasteiger partial charge on any atom is -0.375 e. The van der Waals surface area contributed by atoms with E-state index in [1.54, 1.807) is 18.3 Å². The van der Waals surface area contributed by atoms with Gasteiger partial charge in [0.15, 0.2) is 5.11 Å². The Balaban J connectivity index is 2.42. The van der Waals surface area contributed by atoms with Gasteiger partial charge in [-0.05, 0) is 24.4 Å². The SMILES string of the molecule is NC(=S)NNS(=O)(=O)c1c[nH]c2ncccc12. The first-order valence-corrected chi connectivity index (χ1v) is 6.39. The summed E-state index contributed by atoms with van der Waals surface area (Å²) < 4.78 is 23.8. The van der Waals surface area contributed by atoms with Gasteiger partial charge in [-0.15, -0.1) is 4.83 Å². The topological polar surface area (TPSA) is 113 Å². The number of hydrogen-bond donors (Lipinski definition) is 4. The standard InChI is InChI=1S/C8H9N5O2S2/c9-8(16)12-13-17(14,15)6-4-11-7-5(6)2-1-3-10-7/h1-4,13H,(H,10,11)(H3,9,12,16). The highest BCUT2D eigenvalue weighted by molar-refractivity contribution is 7.89. The molecule has 2 aromatic rings. The van der Waals surface area contributed by atoms with Gasteiger partial charge >= 0.3 is 0 Å². The summed E-state index contributed by atoms with van der Waals surface area (Å²) in [6, 6.07) is 3.30. The fourth-order valence-corrected chi connectivity index (χ4v) is 2.46. The minimum absolute atomic E-state index is 0.0735. The first-order valence-electron chi connectivity index (χ1n) is 4.50. The predicted octanol–water partition coefficient (Wildman–Crippen LogP) is -0.411. The van der Waals surface area contributed by atoms with E-state index in [0.29, 0.717) is 11.0 Å². The molecule has 0 radical (unpaired) electrons. The van der Waals surface area contributed by atoms with Gasteiger partial charge in [0.1, 0.15) is 10.5 Å². The second-order valence-corrected chi connectivity index (χ2v) is 5.24. The number of sulfonamides is 1. The molecule has 9 heteroatoms. The highest BCUT2D eigenvalue weighted by Crippen LogP contribution is 2.19. The molecule has 0 spiro atoms. The zero-order chi connectivity index (χ0) is 12.5. The Hall–Kier alpha value is -1.71. The van der Waals surface area contributed by atoms with Crippen molar-refractivity contribution in [2.24, 2.45) is 5.73 Å². The van der Waals surface area contributed by atoms with Crippen LogP contribution in [0.25, 0.3) is 11.0 Å². The van der Waals surface area contributed by atoms with Crippen molar-refractivity contribution in [3.05, 3.63) is 24.5 Å². The van der Waals surface area contributed by atoms with Crippen LogP contribution in [0.1, 0.15) is 0 Å². The number of aromatic nitrogens is 2. The van der Waals surface area contributed by atoms with Crippen LogP contribution in [-0.2, 0) is 10.0 Å². The maximum absolute atomic E-state index is 11.9. The molecule has 0 saturated heterocycles. The summed E-state index contributed by atoms with van der Waals surface area (Å²) in [6.07, 6.45) is 2.91. The number of pyridine rings is 1. The molecule has 0 atom stereocenters. The molecule has 17 heavy (non-hydrogen) atoms. The number of rotatable bonds is 3. The van der Waals surface area contributed by atoms with Crippen LogP contribution in [0.3, 0.4) is 0 Å². The average Bonchev–Trinajstić information content (AvgIpc) is 2.71. The number of hydrazine groups is 1. The van der Waals surface area contributed by atoms with Crippen LogP contribution >= 0.6 is 12.2 Å². The van der Waals surface area contributed by atoms with Gasteiger partial charge in [-0.3, -0.25) is 5.43 Å². The van der Waals surface area contributed by atoms with Crippen molar-refractivity contribution in [3.8, 4) is 0 Å². The summed E-state index contributed by atoms with van der Waals surface area (Å²) in [7, 11) is -3.74. The van der Waals surface area contributed by atoms with Crippen molar-refractivity contribution in [1.29, 1.82) is 0 Å². The molecular weight excluding hydrogens is 262 g/mol. The van der Waals surface area contributed by atoms with Crippen LogP contribution < -0.4 is 16.0 Å². The molecule has 2 aromatic heterocycles. The number of fused-ring (bicyclic) bond motifs is 1. The lowest BCUT2D eigenvalue weighted by Crippen LogP contribution is -2.44. The fourth-order valence-electron chi connectivity index (χ4n) is 1.33. The minimum atomic E-state index is -3.74. The second kappa shape index (κ2) is 4.28. The van der Waals surface area contributed by atoms with Gasteiger partial charge < -0.3 is 10.7 Å². The molecule has 0 bridgehead atoms. The van der Waals surface area contributed by atoms with Gasteiger partial charge in [0.2, 0.25) is 0 Å². The first kappa shape index (κ1) is 11.8. The van der Waals surface area contributed by atoms with E-state index in [0.717, 1.165) is 0 Å². The van der Waals surface area contributed by atoms with Crippen LogP contribution in [-0.4, -0.2) is 23.5 Å². The number of nitrogens with two attached hydrogens (primary N) is 1. The second-order valence-electron chi connectivity index (χ2n) is 3.15. The number of hydrogen-bond acceptors (Lipinski definition) is 4. The molecule has 0 aliphatic rings. The normalized spacial score (nSPS) is 11.5. The van der Waals surface area contributed by atoms with Crippen LogP contribution in [0.2, 0.25) is 0 Å². The molecule has 0 saturated carbocycles. The molecule has 0 fully saturated rings. The van der Waals surface area contributed by atoms with Gasteiger partial charge in [0.05, 0.1) is 0 Å². The summed E-state index contributed by atoms with van der Waals surface area (Å²) >= 11 is 4.51. The molecule has 90 valence electrons. The third-order valence-electron chi connectivity index (χ3n) is 2.01. The molecular formula is C8H9N5O2S2. The Labute approximate surface area is 102 Å². The molecule has 2 heterocycles. The Bertz CT molecular complexity index is 663. The largest absolute Gasteiger partial charge is 0.375 e. The van der Waals surface area contributed by atoms with Gasteiger partial charge in [-0.2, -0.15) is 0 Å². The van der Waals surface area contributed by atoms with Crippen LogP contribution in [0.15, 0.2) is 29.4 Å². The average molecular weight is 271 g/mol. The Morgan fingerprint density at radius 3 is 3.00 bits per heavy atom. The molecule has 5 N–H and O–H groups in total. The highest BCUT2D eigenvalue weighted by Gasteiger charge is 2.18.